The van der Waals surface area contributed by atoms with E-state index < -0.39 is 16.1 Å². The molecular formula is C32H30N6O3S. The van der Waals surface area contributed by atoms with Gasteiger partial charge in [0.2, 0.25) is 10.0 Å². The zero-order valence-corrected chi connectivity index (χ0v) is 24.0. The lowest BCUT2D eigenvalue weighted by Crippen LogP contribution is -2.40. The van der Waals surface area contributed by atoms with Crippen LogP contribution in [0.5, 0.6) is 0 Å². The van der Waals surface area contributed by atoms with Crippen LogP contribution in [-0.4, -0.2) is 57.3 Å². The molecule has 3 aromatic heterocycles. The van der Waals surface area contributed by atoms with Crippen LogP contribution in [0.2, 0.25) is 0 Å². The van der Waals surface area contributed by atoms with E-state index in [9.17, 15) is 13.2 Å². The fourth-order valence-corrected chi connectivity index (χ4v) is 6.61. The van der Waals surface area contributed by atoms with Crippen LogP contribution in [0.15, 0.2) is 91.4 Å². The molecule has 212 valence electrons. The van der Waals surface area contributed by atoms with E-state index >= 15 is 0 Å². The summed E-state index contributed by atoms with van der Waals surface area (Å²) in [5.74, 6) is 0.995. The number of hydrogen-bond donors (Lipinski definition) is 1. The molecule has 0 bridgehead atoms. The second kappa shape index (κ2) is 11.8. The number of carbonyl (C=O) groups excluding carboxylic acids is 1. The summed E-state index contributed by atoms with van der Waals surface area (Å²) < 4.78 is 25.7. The van der Waals surface area contributed by atoms with E-state index in [0.29, 0.717) is 48.7 Å². The van der Waals surface area contributed by atoms with E-state index in [2.05, 4.69) is 33.5 Å². The van der Waals surface area contributed by atoms with Crippen LogP contribution in [0.25, 0.3) is 33.4 Å². The molecular weight excluding hydrogens is 548 g/mol. The third-order valence-corrected chi connectivity index (χ3v) is 8.69. The molecule has 1 atom stereocenters. The number of Topliss-reactive ketones (excluding diaryl/α,β-unsaturated/α-hetero) is 1. The third-order valence-electron chi connectivity index (χ3n) is 7.40. The second-order valence-electron chi connectivity index (χ2n) is 10.4. The molecule has 6 rings (SSSR count). The standard InChI is InChI=1S/C32H30N6O3S/c1-42(40,41)38-16-8-14-28(38)29(39)18-22-17-24(20-33-19-22)31-36-27-13-7-12-26(23-9-3-2-4-10-23)30(27)32(37-31)35-21-25-11-5-6-15-34-25/h2-7,9-13,15,17,19-20,28H,8,14,16,18,21H2,1H3,(H,35,36,37)/t28-/m0/s1. The van der Waals surface area contributed by atoms with Gasteiger partial charge in [0.1, 0.15) is 5.82 Å². The highest BCUT2D eigenvalue weighted by Crippen LogP contribution is 2.34. The number of sulfonamides is 1. The largest absolute Gasteiger partial charge is 0.364 e. The van der Waals surface area contributed by atoms with E-state index in [1.807, 2.05) is 54.6 Å². The topological polar surface area (TPSA) is 118 Å². The Hall–Kier alpha value is -4.54. The first kappa shape index (κ1) is 27.6. The number of nitrogens with one attached hydrogen (secondary N) is 1. The van der Waals surface area contributed by atoms with Gasteiger partial charge in [-0.3, -0.25) is 14.8 Å². The molecule has 0 unspecified atom stereocenters. The van der Waals surface area contributed by atoms with Gasteiger partial charge in [-0.15, -0.1) is 0 Å². The molecule has 1 aliphatic rings. The van der Waals surface area contributed by atoms with Crippen molar-refractivity contribution in [3.05, 3.63) is 103 Å². The van der Waals surface area contributed by atoms with Crippen LogP contribution in [0.1, 0.15) is 24.1 Å². The number of anilines is 1. The van der Waals surface area contributed by atoms with Crippen molar-refractivity contribution in [1.29, 1.82) is 0 Å². The normalized spacial score (nSPS) is 15.6. The summed E-state index contributed by atoms with van der Waals surface area (Å²) in [6, 6.07) is 23.1. The van der Waals surface area contributed by atoms with Crippen molar-refractivity contribution in [3.8, 4) is 22.5 Å². The number of fused-ring (bicyclic) bond motifs is 1. The summed E-state index contributed by atoms with van der Waals surface area (Å²) in [5, 5.41) is 4.37. The molecule has 1 N–H and O–H groups in total. The van der Waals surface area contributed by atoms with Gasteiger partial charge in [0.15, 0.2) is 11.6 Å². The highest BCUT2D eigenvalue weighted by atomic mass is 32.2. The Balaban J connectivity index is 1.37. The number of ketones is 1. The molecule has 9 nitrogen and oxygen atoms in total. The van der Waals surface area contributed by atoms with E-state index in [4.69, 9.17) is 9.97 Å². The van der Waals surface area contributed by atoms with Crippen molar-refractivity contribution in [2.45, 2.75) is 31.8 Å². The highest BCUT2D eigenvalue weighted by Gasteiger charge is 2.36. The molecule has 0 aliphatic carbocycles. The number of carbonyl (C=O) groups is 1. The first-order chi connectivity index (χ1) is 20.4. The zero-order valence-electron chi connectivity index (χ0n) is 23.1. The summed E-state index contributed by atoms with van der Waals surface area (Å²) in [6.45, 7) is 0.845. The average molecular weight is 579 g/mol. The van der Waals surface area contributed by atoms with Gasteiger partial charge in [-0.25, -0.2) is 18.4 Å². The number of benzene rings is 2. The highest BCUT2D eigenvalue weighted by molar-refractivity contribution is 7.88. The van der Waals surface area contributed by atoms with Crippen LogP contribution in [0, 0.1) is 0 Å². The van der Waals surface area contributed by atoms with Crippen LogP contribution < -0.4 is 5.32 Å². The van der Waals surface area contributed by atoms with Crippen molar-refractivity contribution in [3.63, 3.8) is 0 Å². The molecule has 1 saturated heterocycles. The Morgan fingerprint density at radius 1 is 0.976 bits per heavy atom. The summed E-state index contributed by atoms with van der Waals surface area (Å²) in [5.41, 5.74) is 5.05. The van der Waals surface area contributed by atoms with Gasteiger partial charge < -0.3 is 5.32 Å². The summed E-state index contributed by atoms with van der Waals surface area (Å²) in [6.07, 6.45) is 7.50. The van der Waals surface area contributed by atoms with Gasteiger partial charge in [-0.05, 0) is 53.8 Å². The zero-order chi connectivity index (χ0) is 29.1. The van der Waals surface area contributed by atoms with Crippen LogP contribution >= 0.6 is 0 Å². The molecule has 10 heteroatoms. The Bertz CT molecular complexity index is 1850. The minimum atomic E-state index is -3.45. The molecule has 4 heterocycles. The van der Waals surface area contributed by atoms with E-state index in [0.717, 1.165) is 34.0 Å². The lowest BCUT2D eigenvalue weighted by atomic mass is 10.0. The lowest BCUT2D eigenvalue weighted by molar-refractivity contribution is -0.121. The number of nitrogens with zero attached hydrogens (tertiary/aromatic N) is 5. The van der Waals surface area contributed by atoms with Crippen molar-refractivity contribution in [1.82, 2.24) is 24.2 Å². The second-order valence-corrected chi connectivity index (χ2v) is 12.3. The Morgan fingerprint density at radius 3 is 2.60 bits per heavy atom. The van der Waals surface area contributed by atoms with Crippen LogP contribution in [0.4, 0.5) is 5.82 Å². The average Bonchev–Trinajstić information content (AvgIpc) is 3.52. The van der Waals surface area contributed by atoms with Crippen molar-refractivity contribution < 1.29 is 13.2 Å². The quantitative estimate of drug-likeness (QED) is 0.262. The van der Waals surface area contributed by atoms with Gasteiger partial charge in [0.05, 0.1) is 35.4 Å². The SMILES string of the molecule is CS(=O)(=O)N1CCC[C@H]1C(=O)Cc1cncc(-c2nc(NCc3ccccn3)c3c(-c4ccccc4)cccc3n2)c1. The summed E-state index contributed by atoms with van der Waals surface area (Å²) in [7, 11) is -3.45. The third kappa shape index (κ3) is 5.90. The molecule has 2 aromatic carbocycles. The predicted molar refractivity (Wildman–Crippen MR) is 163 cm³/mol. The lowest BCUT2D eigenvalue weighted by Gasteiger charge is -2.21. The Kier molecular flexibility index (Phi) is 7.73. The van der Waals surface area contributed by atoms with Gasteiger partial charge in [-0.1, -0.05) is 48.5 Å². The number of hydrogen-bond acceptors (Lipinski definition) is 8. The number of aromatic nitrogens is 4. The molecule has 0 amide bonds. The van der Waals surface area contributed by atoms with Crippen molar-refractivity contribution >= 4 is 32.5 Å². The van der Waals surface area contributed by atoms with Crippen LogP contribution in [-0.2, 0) is 27.8 Å². The predicted octanol–water partition coefficient (Wildman–Crippen LogP) is 4.90. The van der Waals surface area contributed by atoms with E-state index in [-0.39, 0.29) is 12.2 Å². The fourth-order valence-electron chi connectivity index (χ4n) is 5.46. The van der Waals surface area contributed by atoms with E-state index in [1.54, 1.807) is 18.6 Å². The van der Waals surface area contributed by atoms with Gasteiger partial charge in [0.25, 0.3) is 0 Å². The molecule has 0 radical (unpaired) electrons. The van der Waals surface area contributed by atoms with Gasteiger partial charge >= 0.3 is 0 Å². The van der Waals surface area contributed by atoms with Crippen LogP contribution in [0.3, 0.4) is 0 Å². The monoisotopic (exact) mass is 578 g/mol. The molecule has 5 aromatic rings. The van der Waals surface area contributed by atoms with Gasteiger partial charge in [-0.2, -0.15) is 4.31 Å². The molecule has 1 aliphatic heterocycles. The molecule has 1 fully saturated rings. The first-order valence-corrected chi connectivity index (χ1v) is 15.7. The smallest absolute Gasteiger partial charge is 0.211 e. The maximum Gasteiger partial charge on any atom is 0.211 e. The van der Waals surface area contributed by atoms with Gasteiger partial charge in [0, 0.05) is 37.1 Å². The van der Waals surface area contributed by atoms with E-state index in [1.165, 1.54) is 4.31 Å². The minimum Gasteiger partial charge on any atom is -0.364 e. The molecule has 0 saturated carbocycles. The molecule has 42 heavy (non-hydrogen) atoms. The first-order valence-electron chi connectivity index (χ1n) is 13.8. The summed E-state index contributed by atoms with van der Waals surface area (Å²) in [4.78, 5) is 31.8. The number of pyridine rings is 2. The fraction of sp³-hybridized carbons (Fsp3) is 0.219. The Morgan fingerprint density at radius 2 is 1.81 bits per heavy atom. The van der Waals surface area contributed by atoms with Crippen molar-refractivity contribution in [2.24, 2.45) is 0 Å². The molecule has 0 spiro atoms. The van der Waals surface area contributed by atoms with Crippen molar-refractivity contribution in [2.75, 3.05) is 18.1 Å². The Labute approximate surface area is 244 Å². The maximum atomic E-state index is 13.2. The summed E-state index contributed by atoms with van der Waals surface area (Å²) >= 11 is 0. The minimum absolute atomic E-state index is 0.0774. The maximum absolute atomic E-state index is 13.2. The number of rotatable bonds is 9.